The van der Waals surface area contributed by atoms with Crippen LogP contribution in [0, 0.1) is 5.82 Å². The van der Waals surface area contributed by atoms with E-state index in [0.717, 1.165) is 25.5 Å². The van der Waals surface area contributed by atoms with Gasteiger partial charge in [-0.2, -0.15) is 0 Å². The number of nitrogens with two attached hydrogens (primary N) is 1. The molecule has 1 aliphatic rings. The first-order valence-electron chi connectivity index (χ1n) is 3.74. The van der Waals surface area contributed by atoms with E-state index in [-0.39, 0.29) is 30.9 Å². The Labute approximate surface area is 93.5 Å². The highest BCUT2D eigenvalue weighted by molar-refractivity contribution is 5.85. The summed E-state index contributed by atoms with van der Waals surface area (Å²) in [6.45, 7) is 1.51. The Balaban J connectivity index is 0.000000845. The molecular formula is C7H11Cl2FN4. The fourth-order valence-corrected chi connectivity index (χ4v) is 1.14. The van der Waals surface area contributed by atoms with Gasteiger partial charge in [-0.25, -0.2) is 14.4 Å². The van der Waals surface area contributed by atoms with Gasteiger partial charge in [0.25, 0.3) is 0 Å². The lowest BCUT2D eigenvalue weighted by Crippen LogP contribution is -2.56. The minimum Gasteiger partial charge on any atom is -0.338 e. The molecule has 80 valence electrons. The predicted molar refractivity (Wildman–Crippen MR) is 56.7 cm³/mol. The topological polar surface area (TPSA) is 55.0 Å². The van der Waals surface area contributed by atoms with Gasteiger partial charge in [0.2, 0.25) is 5.95 Å². The van der Waals surface area contributed by atoms with Crippen LogP contribution in [-0.4, -0.2) is 29.1 Å². The Morgan fingerprint density at radius 3 is 2.21 bits per heavy atom. The molecular weight excluding hydrogens is 230 g/mol. The van der Waals surface area contributed by atoms with Gasteiger partial charge < -0.3 is 10.6 Å². The predicted octanol–water partition coefficient (Wildman–Crippen LogP) is 0.607. The van der Waals surface area contributed by atoms with Crippen LogP contribution in [0.15, 0.2) is 12.4 Å². The van der Waals surface area contributed by atoms with Crippen molar-refractivity contribution < 1.29 is 4.39 Å². The second-order valence-corrected chi connectivity index (χ2v) is 2.87. The van der Waals surface area contributed by atoms with Crippen molar-refractivity contribution in [2.45, 2.75) is 6.04 Å². The molecule has 4 nitrogen and oxygen atoms in total. The van der Waals surface area contributed by atoms with Gasteiger partial charge in [-0.3, -0.25) is 0 Å². The first-order chi connectivity index (χ1) is 5.75. The minimum atomic E-state index is -0.413. The van der Waals surface area contributed by atoms with E-state index in [4.69, 9.17) is 5.73 Å². The third-order valence-electron chi connectivity index (χ3n) is 1.80. The summed E-state index contributed by atoms with van der Waals surface area (Å²) in [6.07, 6.45) is 2.32. The average Bonchev–Trinajstić information content (AvgIpc) is 2.01. The molecule has 0 aromatic carbocycles. The molecule has 7 heteroatoms. The Kier molecular flexibility index (Phi) is 5.04. The van der Waals surface area contributed by atoms with Gasteiger partial charge in [-0.1, -0.05) is 0 Å². The van der Waals surface area contributed by atoms with Gasteiger partial charge in [-0.15, -0.1) is 24.8 Å². The summed E-state index contributed by atoms with van der Waals surface area (Å²) < 4.78 is 12.4. The third kappa shape index (κ3) is 2.67. The number of anilines is 1. The normalized spacial score (nSPS) is 15.1. The Hall–Kier alpha value is -0.650. The van der Waals surface area contributed by atoms with E-state index in [2.05, 4.69) is 9.97 Å². The second kappa shape index (κ2) is 5.29. The van der Waals surface area contributed by atoms with Crippen molar-refractivity contribution in [3.8, 4) is 0 Å². The summed E-state index contributed by atoms with van der Waals surface area (Å²) in [6, 6.07) is 0.207. The van der Waals surface area contributed by atoms with Crippen molar-refractivity contribution in [3.63, 3.8) is 0 Å². The first kappa shape index (κ1) is 13.4. The Morgan fingerprint density at radius 1 is 1.29 bits per heavy atom. The molecule has 14 heavy (non-hydrogen) atoms. The van der Waals surface area contributed by atoms with Crippen LogP contribution in [-0.2, 0) is 0 Å². The summed E-state index contributed by atoms with van der Waals surface area (Å²) in [5.74, 6) is 0.140. The maximum absolute atomic E-state index is 12.4. The van der Waals surface area contributed by atoms with E-state index in [1.165, 1.54) is 0 Å². The quantitative estimate of drug-likeness (QED) is 0.782. The molecule has 0 amide bonds. The van der Waals surface area contributed by atoms with E-state index in [1.807, 2.05) is 4.90 Å². The molecule has 0 spiro atoms. The van der Waals surface area contributed by atoms with Crippen LogP contribution in [0.5, 0.6) is 0 Å². The molecule has 0 saturated carbocycles. The monoisotopic (exact) mass is 240 g/mol. The molecule has 1 aromatic heterocycles. The van der Waals surface area contributed by atoms with E-state index >= 15 is 0 Å². The molecule has 0 unspecified atom stereocenters. The van der Waals surface area contributed by atoms with Crippen LogP contribution in [0.25, 0.3) is 0 Å². The van der Waals surface area contributed by atoms with Crippen LogP contribution in [0.2, 0.25) is 0 Å². The van der Waals surface area contributed by atoms with Gasteiger partial charge in [0.15, 0.2) is 5.82 Å². The number of rotatable bonds is 1. The fourth-order valence-electron chi connectivity index (χ4n) is 1.14. The molecule has 0 aliphatic carbocycles. The SMILES string of the molecule is Cl.Cl.NC1CN(c2ncc(F)cn2)C1. The molecule has 0 bridgehead atoms. The van der Waals surface area contributed by atoms with E-state index in [9.17, 15) is 4.39 Å². The van der Waals surface area contributed by atoms with Crippen molar-refractivity contribution in [1.82, 2.24) is 9.97 Å². The number of hydrogen-bond donors (Lipinski definition) is 1. The molecule has 0 radical (unpaired) electrons. The molecule has 2 heterocycles. The second-order valence-electron chi connectivity index (χ2n) is 2.87. The highest BCUT2D eigenvalue weighted by Gasteiger charge is 2.24. The summed E-state index contributed by atoms with van der Waals surface area (Å²) in [7, 11) is 0. The van der Waals surface area contributed by atoms with Crippen molar-refractivity contribution >= 4 is 30.8 Å². The van der Waals surface area contributed by atoms with E-state index < -0.39 is 5.82 Å². The Morgan fingerprint density at radius 2 is 1.79 bits per heavy atom. The maximum atomic E-state index is 12.4. The highest BCUT2D eigenvalue weighted by atomic mass is 35.5. The van der Waals surface area contributed by atoms with Gasteiger partial charge in [0, 0.05) is 19.1 Å². The van der Waals surface area contributed by atoms with Gasteiger partial charge in [-0.05, 0) is 0 Å². The lowest BCUT2D eigenvalue weighted by atomic mass is 10.1. The molecule has 1 saturated heterocycles. The smallest absolute Gasteiger partial charge is 0.225 e. The molecule has 1 aliphatic heterocycles. The zero-order valence-corrected chi connectivity index (χ0v) is 8.89. The highest BCUT2D eigenvalue weighted by Crippen LogP contribution is 2.13. The van der Waals surface area contributed by atoms with Gasteiger partial charge in [0.05, 0.1) is 12.4 Å². The van der Waals surface area contributed by atoms with E-state index in [1.54, 1.807) is 0 Å². The van der Waals surface area contributed by atoms with Gasteiger partial charge in [0.1, 0.15) is 0 Å². The van der Waals surface area contributed by atoms with Crippen LogP contribution >= 0.6 is 24.8 Å². The lowest BCUT2D eigenvalue weighted by molar-refractivity contribution is 0.506. The van der Waals surface area contributed by atoms with Crippen molar-refractivity contribution in [2.75, 3.05) is 18.0 Å². The summed E-state index contributed by atoms with van der Waals surface area (Å²) in [4.78, 5) is 9.54. The minimum absolute atomic E-state index is 0. The van der Waals surface area contributed by atoms with Crippen LogP contribution < -0.4 is 10.6 Å². The summed E-state index contributed by atoms with van der Waals surface area (Å²) in [5, 5.41) is 0. The molecule has 1 aromatic rings. The zero-order valence-electron chi connectivity index (χ0n) is 7.26. The Bertz CT molecular complexity index is 276. The number of nitrogens with zero attached hydrogens (tertiary/aromatic N) is 3. The van der Waals surface area contributed by atoms with Crippen LogP contribution in [0.3, 0.4) is 0 Å². The van der Waals surface area contributed by atoms with Crippen LogP contribution in [0.4, 0.5) is 10.3 Å². The molecule has 2 rings (SSSR count). The van der Waals surface area contributed by atoms with Crippen molar-refractivity contribution in [1.29, 1.82) is 0 Å². The van der Waals surface area contributed by atoms with E-state index in [0.29, 0.717) is 5.95 Å². The molecule has 2 N–H and O–H groups in total. The molecule has 1 fully saturated rings. The van der Waals surface area contributed by atoms with Crippen molar-refractivity contribution in [2.24, 2.45) is 5.73 Å². The summed E-state index contributed by atoms with van der Waals surface area (Å²) >= 11 is 0. The standard InChI is InChI=1S/C7H9FN4.2ClH/c8-5-1-10-7(11-2-5)12-3-6(9)4-12;;/h1-2,6H,3-4,9H2;2*1H. The van der Waals surface area contributed by atoms with Crippen molar-refractivity contribution in [3.05, 3.63) is 18.2 Å². The zero-order chi connectivity index (χ0) is 8.55. The lowest BCUT2D eigenvalue weighted by Gasteiger charge is -2.36. The van der Waals surface area contributed by atoms with Crippen LogP contribution in [0.1, 0.15) is 0 Å². The largest absolute Gasteiger partial charge is 0.338 e. The first-order valence-corrected chi connectivity index (χ1v) is 3.74. The third-order valence-corrected chi connectivity index (χ3v) is 1.80. The van der Waals surface area contributed by atoms with Gasteiger partial charge >= 0.3 is 0 Å². The number of hydrogen-bond acceptors (Lipinski definition) is 4. The average molecular weight is 241 g/mol. The molecule has 0 atom stereocenters. The number of aromatic nitrogens is 2. The summed E-state index contributed by atoms with van der Waals surface area (Å²) in [5.41, 5.74) is 5.56. The fraction of sp³-hybridized carbons (Fsp3) is 0.429. The maximum Gasteiger partial charge on any atom is 0.225 e. The number of halogens is 3.